The quantitative estimate of drug-likeness (QED) is 0.418. The lowest BCUT2D eigenvalue weighted by Gasteiger charge is -2.27. The predicted octanol–water partition coefficient (Wildman–Crippen LogP) is 2.96. The van der Waals surface area contributed by atoms with E-state index in [2.05, 4.69) is 0 Å². The molecule has 2 heterocycles. The zero-order chi connectivity index (χ0) is 19.6. The molecular formula is C21H24N2O3S. The molecule has 142 valence electrons. The number of nitrogens with zero attached hydrogens (tertiary/aromatic N) is 2. The molecule has 2 atom stereocenters. The van der Waals surface area contributed by atoms with Gasteiger partial charge in [-0.1, -0.05) is 35.9 Å². The molecule has 0 radical (unpaired) electrons. The zero-order valence-corrected chi connectivity index (χ0v) is 16.7. The van der Waals surface area contributed by atoms with E-state index in [1.54, 1.807) is 17.0 Å². The van der Waals surface area contributed by atoms with Gasteiger partial charge in [-0.15, -0.1) is 11.3 Å². The summed E-state index contributed by atoms with van der Waals surface area (Å²) < 4.78 is 0. The Morgan fingerprint density at radius 3 is 2.44 bits per heavy atom. The van der Waals surface area contributed by atoms with Crippen LogP contribution in [-0.2, 0) is 9.59 Å². The number of hydrogen-bond acceptors (Lipinski definition) is 5. The number of rotatable bonds is 7. The van der Waals surface area contributed by atoms with Crippen molar-refractivity contribution in [2.75, 3.05) is 27.2 Å². The van der Waals surface area contributed by atoms with Crippen LogP contribution >= 0.6 is 11.3 Å². The van der Waals surface area contributed by atoms with Crippen LogP contribution in [0.3, 0.4) is 0 Å². The monoisotopic (exact) mass is 384 g/mol. The number of ketones is 2. The minimum Gasteiger partial charge on any atom is -0.328 e. The van der Waals surface area contributed by atoms with Crippen molar-refractivity contribution in [2.24, 2.45) is 5.92 Å². The van der Waals surface area contributed by atoms with Crippen LogP contribution in [0.4, 0.5) is 0 Å². The number of carbonyl (C=O) groups is 3. The van der Waals surface area contributed by atoms with Crippen molar-refractivity contribution < 1.29 is 14.4 Å². The molecule has 6 heteroatoms. The van der Waals surface area contributed by atoms with Crippen molar-refractivity contribution in [3.63, 3.8) is 0 Å². The first kappa shape index (κ1) is 19.5. The number of aryl methyl sites for hydroxylation is 1. The molecule has 1 amide bonds. The normalized spacial score (nSPS) is 19.9. The van der Waals surface area contributed by atoms with Crippen molar-refractivity contribution in [1.29, 1.82) is 0 Å². The Morgan fingerprint density at radius 2 is 1.85 bits per heavy atom. The molecular weight excluding hydrogens is 360 g/mol. The Kier molecular flexibility index (Phi) is 5.87. The maximum atomic E-state index is 13.0. The fourth-order valence-corrected chi connectivity index (χ4v) is 4.20. The van der Waals surface area contributed by atoms with Crippen LogP contribution in [0, 0.1) is 12.8 Å². The molecule has 5 nitrogen and oxygen atoms in total. The molecule has 1 saturated heterocycles. The third-order valence-corrected chi connectivity index (χ3v) is 5.76. The van der Waals surface area contributed by atoms with Crippen LogP contribution < -0.4 is 0 Å². The summed E-state index contributed by atoms with van der Waals surface area (Å²) in [6, 6.07) is 10.7. The van der Waals surface area contributed by atoms with Crippen LogP contribution in [0.2, 0.25) is 0 Å². The molecule has 1 aromatic heterocycles. The molecule has 1 aromatic carbocycles. The van der Waals surface area contributed by atoms with Crippen LogP contribution in [0.5, 0.6) is 0 Å². The summed E-state index contributed by atoms with van der Waals surface area (Å²) in [7, 11) is 3.94. The average Bonchev–Trinajstić information content (AvgIpc) is 3.25. The summed E-state index contributed by atoms with van der Waals surface area (Å²) in [6.45, 7) is 3.25. The van der Waals surface area contributed by atoms with Crippen molar-refractivity contribution in [2.45, 2.75) is 19.4 Å². The third kappa shape index (κ3) is 4.01. The van der Waals surface area contributed by atoms with E-state index in [1.807, 2.05) is 55.6 Å². The Morgan fingerprint density at radius 1 is 1.15 bits per heavy atom. The maximum Gasteiger partial charge on any atom is 0.291 e. The number of carbonyl (C=O) groups excluding carboxylic acids is 3. The smallest absolute Gasteiger partial charge is 0.291 e. The van der Waals surface area contributed by atoms with Crippen LogP contribution in [-0.4, -0.2) is 54.5 Å². The maximum absolute atomic E-state index is 13.0. The molecule has 2 aromatic rings. The lowest BCUT2D eigenvalue weighted by Crippen LogP contribution is -2.33. The Balaban J connectivity index is 1.96. The van der Waals surface area contributed by atoms with Gasteiger partial charge in [-0.05, 0) is 51.0 Å². The lowest BCUT2D eigenvalue weighted by molar-refractivity contribution is -0.140. The Labute approximate surface area is 163 Å². The van der Waals surface area contributed by atoms with E-state index < -0.39 is 23.7 Å². The van der Waals surface area contributed by atoms with Gasteiger partial charge in [0.1, 0.15) is 5.92 Å². The third-order valence-electron chi connectivity index (χ3n) is 4.88. The van der Waals surface area contributed by atoms with E-state index in [9.17, 15) is 14.4 Å². The van der Waals surface area contributed by atoms with E-state index in [4.69, 9.17) is 0 Å². The summed E-state index contributed by atoms with van der Waals surface area (Å²) in [4.78, 5) is 42.7. The summed E-state index contributed by atoms with van der Waals surface area (Å²) in [5, 5.41) is 1.81. The average molecular weight is 385 g/mol. The van der Waals surface area contributed by atoms with Gasteiger partial charge in [0.15, 0.2) is 5.78 Å². The molecule has 27 heavy (non-hydrogen) atoms. The first-order valence-corrected chi connectivity index (χ1v) is 9.92. The van der Waals surface area contributed by atoms with Gasteiger partial charge in [-0.25, -0.2) is 0 Å². The van der Waals surface area contributed by atoms with Crippen molar-refractivity contribution >= 4 is 28.8 Å². The molecule has 1 aliphatic heterocycles. The molecule has 0 aliphatic carbocycles. The van der Waals surface area contributed by atoms with Gasteiger partial charge in [0.2, 0.25) is 5.78 Å². The number of thiophene rings is 1. The molecule has 0 bridgehead atoms. The fourth-order valence-electron chi connectivity index (χ4n) is 3.49. The highest BCUT2D eigenvalue weighted by Crippen LogP contribution is 2.38. The highest BCUT2D eigenvalue weighted by Gasteiger charge is 2.51. The Hall–Kier alpha value is -2.31. The number of hydrogen-bond donors (Lipinski definition) is 0. The van der Waals surface area contributed by atoms with Crippen molar-refractivity contribution in [3.05, 3.63) is 57.8 Å². The second-order valence-electron chi connectivity index (χ2n) is 7.19. The van der Waals surface area contributed by atoms with Crippen molar-refractivity contribution in [1.82, 2.24) is 9.80 Å². The van der Waals surface area contributed by atoms with Crippen LogP contribution in [0.25, 0.3) is 0 Å². The summed E-state index contributed by atoms with van der Waals surface area (Å²) in [5.41, 5.74) is 1.93. The zero-order valence-electron chi connectivity index (χ0n) is 15.8. The highest BCUT2D eigenvalue weighted by atomic mass is 32.1. The van der Waals surface area contributed by atoms with Gasteiger partial charge in [0.05, 0.1) is 10.9 Å². The van der Waals surface area contributed by atoms with Gasteiger partial charge in [-0.3, -0.25) is 14.4 Å². The van der Waals surface area contributed by atoms with Crippen LogP contribution in [0.15, 0.2) is 41.8 Å². The van der Waals surface area contributed by atoms with E-state index in [0.717, 1.165) is 24.1 Å². The standard InChI is InChI=1S/C21H24N2O3S/c1-14-7-9-15(10-8-14)18-17(19(24)16-6-4-13-27-16)20(25)21(26)23(18)12-5-11-22(2)3/h4,6-10,13,17-18H,5,11-12H2,1-3H3. The van der Waals surface area contributed by atoms with E-state index in [1.165, 1.54) is 11.3 Å². The molecule has 1 aliphatic rings. The summed E-state index contributed by atoms with van der Waals surface area (Å²) in [5.74, 6) is -2.37. The van der Waals surface area contributed by atoms with E-state index >= 15 is 0 Å². The van der Waals surface area contributed by atoms with E-state index in [-0.39, 0.29) is 5.78 Å². The van der Waals surface area contributed by atoms with Gasteiger partial charge in [0.25, 0.3) is 5.91 Å². The molecule has 1 fully saturated rings. The first-order valence-electron chi connectivity index (χ1n) is 9.04. The van der Waals surface area contributed by atoms with Gasteiger partial charge < -0.3 is 9.80 Å². The number of likely N-dealkylation sites (tertiary alicyclic amines) is 1. The predicted molar refractivity (Wildman–Crippen MR) is 106 cm³/mol. The van der Waals surface area contributed by atoms with E-state index in [0.29, 0.717) is 11.4 Å². The molecule has 0 saturated carbocycles. The van der Waals surface area contributed by atoms with Crippen molar-refractivity contribution in [3.8, 4) is 0 Å². The minimum absolute atomic E-state index is 0.260. The first-order chi connectivity index (χ1) is 12.9. The fraction of sp³-hybridized carbons (Fsp3) is 0.381. The number of benzene rings is 1. The molecule has 2 unspecified atom stereocenters. The second kappa shape index (κ2) is 8.15. The van der Waals surface area contributed by atoms with Crippen LogP contribution in [0.1, 0.15) is 33.3 Å². The summed E-state index contributed by atoms with van der Waals surface area (Å²) in [6.07, 6.45) is 0.744. The van der Waals surface area contributed by atoms with Gasteiger partial charge in [0, 0.05) is 6.54 Å². The lowest BCUT2D eigenvalue weighted by atomic mass is 9.88. The minimum atomic E-state index is -0.974. The Bertz CT molecular complexity index is 828. The molecule has 0 N–H and O–H groups in total. The number of Topliss-reactive ketones (excluding diaryl/α,β-unsaturated/α-hetero) is 2. The molecule has 0 spiro atoms. The second-order valence-corrected chi connectivity index (χ2v) is 8.14. The highest BCUT2D eigenvalue weighted by molar-refractivity contribution is 7.12. The SMILES string of the molecule is Cc1ccc(C2C(C(=O)c3cccs3)C(=O)C(=O)N2CCCN(C)C)cc1. The molecule has 3 rings (SSSR count). The summed E-state index contributed by atoms with van der Waals surface area (Å²) >= 11 is 1.31. The largest absolute Gasteiger partial charge is 0.328 e. The number of amides is 1. The topological polar surface area (TPSA) is 57.7 Å². The van der Waals surface area contributed by atoms with Gasteiger partial charge in [-0.2, -0.15) is 0 Å². The van der Waals surface area contributed by atoms with Gasteiger partial charge >= 0.3 is 0 Å².